The third kappa shape index (κ3) is 4.17. The number of carbonyl (C=O) groups excluding carboxylic acids is 2. The summed E-state index contributed by atoms with van der Waals surface area (Å²) in [6, 6.07) is 17.7. The van der Waals surface area contributed by atoms with Crippen LogP contribution in [-0.4, -0.2) is 59.1 Å². The predicted molar refractivity (Wildman–Crippen MR) is 176 cm³/mol. The number of anilines is 1. The molecule has 2 amide bonds. The van der Waals surface area contributed by atoms with Gasteiger partial charge in [-0.15, -0.1) is 0 Å². The number of benzene rings is 3. The summed E-state index contributed by atoms with van der Waals surface area (Å²) in [4.78, 5) is 43.1. The maximum atomic E-state index is 13.6. The van der Waals surface area contributed by atoms with E-state index >= 15 is 0 Å². The SMILES string of the molecule is Cc1[nH]n(-c2ccc(C34CC5CC(CC(C5)C3)C4)cc2)c(=O)c1C=NN1C(=O)c2cccc3c(N4CCOCC4)ccc(c23)C1=O. The number of ether oxygens (including phenoxy) is 1. The Morgan fingerprint density at radius 1 is 0.848 bits per heavy atom. The van der Waals surface area contributed by atoms with Crippen molar-refractivity contribution in [2.75, 3.05) is 31.2 Å². The zero-order chi connectivity index (χ0) is 31.2. The molecule has 9 nitrogen and oxygen atoms in total. The first-order chi connectivity index (χ1) is 22.4. The number of H-pyrrole nitrogens is 1. The molecule has 0 radical (unpaired) electrons. The van der Waals surface area contributed by atoms with Gasteiger partial charge < -0.3 is 9.64 Å². The van der Waals surface area contributed by atoms with E-state index in [0.29, 0.717) is 46.4 Å². The number of morpholine rings is 1. The molecule has 5 fully saturated rings. The molecule has 4 saturated carbocycles. The van der Waals surface area contributed by atoms with E-state index in [2.05, 4.69) is 27.2 Å². The smallest absolute Gasteiger partial charge is 0.282 e. The molecule has 4 aliphatic carbocycles. The number of nitrogens with zero attached hydrogens (tertiary/aromatic N) is 4. The number of imide groups is 1. The lowest BCUT2D eigenvalue weighted by molar-refractivity contribution is -0.00519. The molecule has 46 heavy (non-hydrogen) atoms. The molecule has 1 saturated heterocycles. The summed E-state index contributed by atoms with van der Waals surface area (Å²) >= 11 is 0. The fourth-order valence-electron chi connectivity index (χ4n) is 9.69. The first-order valence-electron chi connectivity index (χ1n) is 16.6. The Morgan fingerprint density at radius 2 is 1.50 bits per heavy atom. The van der Waals surface area contributed by atoms with Gasteiger partial charge in [-0.05, 0) is 105 Å². The van der Waals surface area contributed by atoms with E-state index in [-0.39, 0.29) is 5.56 Å². The normalized spacial score (nSPS) is 27.0. The predicted octanol–water partition coefficient (Wildman–Crippen LogP) is 5.56. The van der Waals surface area contributed by atoms with Crippen molar-refractivity contribution in [3.05, 3.63) is 92.9 Å². The minimum Gasteiger partial charge on any atom is -0.378 e. The van der Waals surface area contributed by atoms with Gasteiger partial charge in [0.15, 0.2) is 0 Å². The second-order valence-electron chi connectivity index (χ2n) is 14.2. The van der Waals surface area contributed by atoms with Gasteiger partial charge in [0.2, 0.25) is 0 Å². The maximum absolute atomic E-state index is 13.6. The molecule has 0 atom stereocenters. The minimum atomic E-state index is -0.507. The standard InChI is InChI=1S/C37H37N5O4/c1-22-31(36(45)41(39-22)27-7-5-26(6-8-27)37-18-23-15-24(19-37)17-25(16-23)20-37)21-38-42-34(43)29-4-2-3-28-32(40-11-13-46-14-12-40)10-9-30(33(28)29)35(42)44/h2-10,21,23-25,39H,11-20H2,1H3. The maximum Gasteiger partial charge on any atom is 0.282 e. The summed E-state index contributed by atoms with van der Waals surface area (Å²) in [7, 11) is 0. The highest BCUT2D eigenvalue weighted by Crippen LogP contribution is 2.60. The van der Waals surface area contributed by atoms with Crippen molar-refractivity contribution in [1.82, 2.24) is 14.8 Å². The summed E-state index contributed by atoms with van der Waals surface area (Å²) in [5.41, 5.74) is 4.90. The van der Waals surface area contributed by atoms with Gasteiger partial charge in [0.05, 0.1) is 41.8 Å². The molecule has 10 rings (SSSR count). The van der Waals surface area contributed by atoms with Crippen LogP contribution >= 0.6 is 0 Å². The van der Waals surface area contributed by atoms with Crippen LogP contribution in [0, 0.1) is 24.7 Å². The van der Waals surface area contributed by atoms with Gasteiger partial charge in [-0.25, -0.2) is 4.68 Å². The van der Waals surface area contributed by atoms with Gasteiger partial charge >= 0.3 is 0 Å². The zero-order valence-electron chi connectivity index (χ0n) is 26.0. The highest BCUT2D eigenvalue weighted by atomic mass is 16.5. The number of aryl methyl sites for hydroxylation is 1. The molecule has 4 aromatic rings. The fourth-order valence-corrected chi connectivity index (χ4v) is 9.69. The van der Waals surface area contributed by atoms with Crippen molar-refractivity contribution in [2.24, 2.45) is 22.9 Å². The van der Waals surface area contributed by atoms with Crippen molar-refractivity contribution in [1.29, 1.82) is 0 Å². The van der Waals surface area contributed by atoms with E-state index in [1.807, 2.05) is 30.3 Å². The third-order valence-corrected chi connectivity index (χ3v) is 11.4. The van der Waals surface area contributed by atoms with Crippen LogP contribution in [0.2, 0.25) is 0 Å². The fraction of sp³-hybridized carbons (Fsp3) is 0.405. The second-order valence-corrected chi connectivity index (χ2v) is 14.2. The van der Waals surface area contributed by atoms with E-state index in [9.17, 15) is 14.4 Å². The molecule has 0 spiro atoms. The number of aromatic nitrogens is 2. The molecular weight excluding hydrogens is 578 g/mol. The van der Waals surface area contributed by atoms with E-state index in [4.69, 9.17) is 4.74 Å². The van der Waals surface area contributed by atoms with E-state index in [1.54, 1.807) is 19.1 Å². The number of hydrogen-bond acceptors (Lipinski definition) is 6. The van der Waals surface area contributed by atoms with Gasteiger partial charge in [-0.3, -0.25) is 19.5 Å². The lowest BCUT2D eigenvalue weighted by atomic mass is 9.48. The van der Waals surface area contributed by atoms with Crippen LogP contribution in [-0.2, 0) is 10.2 Å². The Bertz CT molecular complexity index is 1940. The number of amides is 2. The van der Waals surface area contributed by atoms with Crippen molar-refractivity contribution < 1.29 is 14.3 Å². The summed E-state index contributed by atoms with van der Waals surface area (Å²) in [6.45, 7) is 4.56. The van der Waals surface area contributed by atoms with E-state index in [1.165, 1.54) is 55.0 Å². The van der Waals surface area contributed by atoms with Gasteiger partial charge in [0.1, 0.15) is 0 Å². The van der Waals surface area contributed by atoms with Gasteiger partial charge in [-0.2, -0.15) is 10.1 Å². The molecule has 1 aromatic heterocycles. The Balaban J connectivity index is 0.997. The quantitative estimate of drug-likeness (QED) is 0.234. The average Bonchev–Trinajstić information content (AvgIpc) is 3.35. The van der Waals surface area contributed by atoms with Crippen LogP contribution in [0.4, 0.5) is 5.69 Å². The monoisotopic (exact) mass is 615 g/mol. The molecule has 9 heteroatoms. The molecule has 3 heterocycles. The van der Waals surface area contributed by atoms with Crippen molar-refractivity contribution in [3.63, 3.8) is 0 Å². The first kappa shape index (κ1) is 27.8. The molecule has 4 bridgehead atoms. The largest absolute Gasteiger partial charge is 0.378 e. The average molecular weight is 616 g/mol. The molecule has 234 valence electrons. The highest BCUT2D eigenvalue weighted by Gasteiger charge is 2.51. The van der Waals surface area contributed by atoms with Crippen molar-refractivity contribution in [2.45, 2.75) is 50.9 Å². The Kier molecular flexibility index (Phi) is 6.19. The van der Waals surface area contributed by atoms with Crippen molar-refractivity contribution in [3.8, 4) is 5.69 Å². The third-order valence-electron chi connectivity index (χ3n) is 11.4. The zero-order valence-corrected chi connectivity index (χ0v) is 26.0. The van der Waals surface area contributed by atoms with Crippen LogP contribution in [0.3, 0.4) is 0 Å². The van der Waals surface area contributed by atoms with Crippen LogP contribution in [0.5, 0.6) is 0 Å². The number of nitrogens with one attached hydrogen (secondary N) is 1. The van der Waals surface area contributed by atoms with E-state index < -0.39 is 11.8 Å². The lowest BCUT2D eigenvalue weighted by Crippen LogP contribution is -2.48. The van der Waals surface area contributed by atoms with Crippen molar-refractivity contribution >= 4 is 34.5 Å². The molecule has 0 unspecified atom stereocenters. The second kappa shape index (κ2) is 10.3. The minimum absolute atomic E-state index is 0.279. The topological polar surface area (TPSA) is 100 Å². The number of hydrazone groups is 1. The van der Waals surface area contributed by atoms with E-state index in [0.717, 1.165) is 52.6 Å². The highest BCUT2D eigenvalue weighted by molar-refractivity contribution is 6.26. The van der Waals surface area contributed by atoms with Gasteiger partial charge in [-0.1, -0.05) is 24.3 Å². The molecular formula is C37H37N5O4. The summed E-state index contributed by atoms with van der Waals surface area (Å²) in [5, 5.41) is 9.87. The van der Waals surface area contributed by atoms with Crippen LogP contribution in [0.15, 0.2) is 64.5 Å². The number of hydrogen-bond donors (Lipinski definition) is 1. The first-order valence-corrected chi connectivity index (χ1v) is 16.6. The summed E-state index contributed by atoms with van der Waals surface area (Å²) < 4.78 is 7.03. The molecule has 3 aromatic carbocycles. The Hall–Kier alpha value is -4.50. The molecule has 2 aliphatic heterocycles. The number of rotatable bonds is 5. The van der Waals surface area contributed by atoms with Crippen LogP contribution < -0.4 is 10.5 Å². The molecule has 6 aliphatic rings. The number of aromatic amines is 1. The molecule has 1 N–H and O–H groups in total. The summed E-state index contributed by atoms with van der Waals surface area (Å²) in [6.07, 6.45) is 9.44. The number of carbonyl (C=O) groups is 2. The van der Waals surface area contributed by atoms with Gasteiger partial charge in [0.25, 0.3) is 17.4 Å². The van der Waals surface area contributed by atoms with Gasteiger partial charge in [0, 0.05) is 35.2 Å². The summed E-state index contributed by atoms with van der Waals surface area (Å²) in [5.74, 6) is 1.59. The Morgan fingerprint density at radius 3 is 2.17 bits per heavy atom. The van der Waals surface area contributed by atoms with Crippen LogP contribution in [0.1, 0.15) is 76.1 Å². The lowest BCUT2D eigenvalue weighted by Gasteiger charge is -2.57. The Labute approximate surface area is 266 Å². The van der Waals surface area contributed by atoms with Crippen LogP contribution in [0.25, 0.3) is 16.5 Å².